The Bertz CT molecular complexity index is 6970. The molecule has 0 spiro atoms. The van der Waals surface area contributed by atoms with Crippen LogP contribution in [-0.4, -0.2) is 96.9 Å². The molecule has 4 aliphatic heterocycles. The molecule has 0 fully saturated rings. The number of nitrogens with one attached hydrogen (secondary N) is 3. The summed E-state index contributed by atoms with van der Waals surface area (Å²) < 4.78 is 23.1. The molecule has 4 aliphatic rings. The van der Waals surface area contributed by atoms with E-state index in [1.165, 1.54) is 43.1 Å². The molecule has 4 atom stereocenters. The average molecular weight is 1790 g/mol. The molecule has 8 aromatic heterocycles. The summed E-state index contributed by atoms with van der Waals surface area (Å²) in [6, 6.07) is 60.7. The molecule has 25 heteroatoms. The van der Waals surface area contributed by atoms with Crippen molar-refractivity contribution in [2.45, 2.75) is 161 Å². The van der Waals surface area contributed by atoms with Crippen LogP contribution >= 0.6 is 22.7 Å². The van der Waals surface area contributed by atoms with Gasteiger partial charge in [0, 0.05) is 115 Å². The zero-order valence-corrected chi connectivity index (χ0v) is 79.1. The molecule has 0 bridgehead atoms. The highest BCUT2D eigenvalue weighted by atomic mass is 32.1. The number of aryl methyl sites for hydroxylation is 14. The first kappa shape index (κ1) is 89.4. The predicted octanol–water partition coefficient (Wildman–Crippen LogP) is 23.1. The first-order chi connectivity index (χ1) is 63.6. The standard InChI is InChI=1S/C28H27N3O2S.C27H27N5O2.C27H27N5OS.C25H24N4O/c1-15-6-10-20(11-7-15)26-24-17(3)19(5)34-28(24)25-18(4)31-33-27(25)22(30-26)14-23(32)29-21-12-8-16(2)9-13-21;1-5-28-24(33)13-23-27-25(17(3)31-34-27)21-11-10-19(20-14-29-32(4)15-20)12-22(21)26(30-23)18-8-6-16(2)7-9-18;1-15-6-10-20(11-7-15)25-24-17(3)18(4)34-27(24)32-19(5)30-31-26(32)22(29-25)14-23(33)28-21-12-8-16(2)9-13-21;1-5-22-25-23(16(3)28-30-25)20-11-10-18(19-13-26-29(4)14-19)12-21(20)24(27-22)17-8-6-15(2)7-9-17/h6-13,22H,14H2,1-5H3,(H,29,32);6-12,14-15,23H,5,13H2,1-4H3,(H,28,33);6-13,22H,14H2,1-5H3,(H,28,33);6-14,22H,5H2,1-4H3/t22-;23-;2*22-/m0000/s1. The number of thiophene rings is 2. The van der Waals surface area contributed by atoms with E-state index in [-0.39, 0.29) is 43.0 Å². The van der Waals surface area contributed by atoms with E-state index >= 15 is 0 Å². The van der Waals surface area contributed by atoms with Crippen molar-refractivity contribution in [3.05, 3.63) is 352 Å². The van der Waals surface area contributed by atoms with E-state index < -0.39 is 18.1 Å². The third kappa shape index (κ3) is 18.4. The van der Waals surface area contributed by atoms with Crippen molar-refractivity contribution in [3.63, 3.8) is 0 Å². The Labute approximate surface area is 776 Å². The van der Waals surface area contributed by atoms with Gasteiger partial charge in [-0.3, -0.25) is 48.3 Å². The van der Waals surface area contributed by atoms with Crippen LogP contribution in [-0.2, 0) is 28.5 Å². The van der Waals surface area contributed by atoms with Crippen LogP contribution in [0.4, 0.5) is 11.4 Å². The van der Waals surface area contributed by atoms with Gasteiger partial charge in [0.25, 0.3) is 0 Å². The van der Waals surface area contributed by atoms with Gasteiger partial charge in [-0.25, -0.2) is 0 Å². The van der Waals surface area contributed by atoms with Gasteiger partial charge in [0.1, 0.15) is 35.0 Å². The lowest BCUT2D eigenvalue weighted by atomic mass is 9.90. The number of amides is 3. The molecule has 666 valence electrons. The number of carbonyl (C=O) groups excluding carboxylic acids is 3. The van der Waals surface area contributed by atoms with Crippen LogP contribution in [0, 0.1) is 96.9 Å². The van der Waals surface area contributed by atoms with Gasteiger partial charge in [-0.15, -0.1) is 32.9 Å². The van der Waals surface area contributed by atoms with Crippen molar-refractivity contribution in [1.29, 1.82) is 0 Å². The van der Waals surface area contributed by atoms with Crippen LogP contribution in [0.5, 0.6) is 0 Å². The SMILES string of the molecule is CCNC(=O)C[C@@H]1N=C(c2ccc(C)cc2)c2cc(-c3cnn(C)c3)ccc2-c2c(C)noc21.CC[C@@H]1N=C(c2ccc(C)cc2)c2cc(-c3cnn(C)c3)ccc2-c2c(C)noc21.Cc1ccc(NC(=O)C[C@@H]2N=C(c3ccc(C)cc3)c3c(sc(C)c3C)-c3c(C)noc32)cc1.Cc1ccc(NC(=O)C[C@@H]2N=C(c3ccc(C)cc3)c3c(sc(C)c3C)-n3c(C)nnc32)cc1. The second kappa shape index (κ2) is 37.9. The molecule has 0 unspecified atom stereocenters. The van der Waals surface area contributed by atoms with Gasteiger partial charge in [-0.2, -0.15) is 10.2 Å². The van der Waals surface area contributed by atoms with Crippen LogP contribution in [0.3, 0.4) is 0 Å². The summed E-state index contributed by atoms with van der Waals surface area (Å²) in [5, 5.41) is 40.3. The second-order valence-corrected chi connectivity index (χ2v) is 36.9. The molecule has 20 rings (SSSR count). The van der Waals surface area contributed by atoms with Crippen molar-refractivity contribution in [2.24, 2.45) is 34.1 Å². The fourth-order valence-corrected chi connectivity index (χ4v) is 19.7. The smallest absolute Gasteiger partial charge is 0.227 e. The summed E-state index contributed by atoms with van der Waals surface area (Å²) in [5.41, 5.74) is 35.0. The van der Waals surface area contributed by atoms with E-state index in [4.69, 9.17) is 33.5 Å². The number of aliphatic imine (C=N–C) groups is 4. The number of nitrogens with zero attached hydrogens (tertiary/aromatic N) is 14. The second-order valence-electron chi connectivity index (χ2n) is 34.5. The summed E-state index contributed by atoms with van der Waals surface area (Å²) in [4.78, 5) is 63.0. The largest absolute Gasteiger partial charge is 0.358 e. The Kier molecular flexibility index (Phi) is 25.7. The average Bonchev–Trinajstić information content (AvgIpc) is 1.59. The zero-order valence-electron chi connectivity index (χ0n) is 77.5. The first-order valence-corrected chi connectivity index (χ1v) is 46.1. The zero-order chi connectivity index (χ0) is 92.6. The number of hydrogen-bond donors (Lipinski definition) is 3. The van der Waals surface area contributed by atoms with Gasteiger partial charge >= 0.3 is 0 Å². The topological polar surface area (TPSA) is 281 Å². The van der Waals surface area contributed by atoms with E-state index in [2.05, 4.69) is 252 Å². The quantitative estimate of drug-likeness (QED) is 0.0812. The summed E-state index contributed by atoms with van der Waals surface area (Å²) in [7, 11) is 3.84. The minimum absolute atomic E-state index is 0.0632. The number of anilines is 2. The van der Waals surface area contributed by atoms with Crippen molar-refractivity contribution in [2.75, 3.05) is 17.2 Å². The molecule has 3 N–H and O–H groups in total. The van der Waals surface area contributed by atoms with Gasteiger partial charge in [-0.05, 0) is 180 Å². The third-order valence-electron chi connectivity index (χ3n) is 24.6. The van der Waals surface area contributed by atoms with Crippen LogP contribution < -0.4 is 16.0 Å². The Morgan fingerprint density at radius 3 is 1.17 bits per heavy atom. The lowest BCUT2D eigenvalue weighted by molar-refractivity contribution is -0.121. The van der Waals surface area contributed by atoms with Crippen LogP contribution in [0.2, 0.25) is 0 Å². The van der Waals surface area contributed by atoms with Crippen molar-refractivity contribution in [1.82, 2.24) is 55.1 Å². The number of benzene rings is 8. The maximum absolute atomic E-state index is 13.1. The molecule has 0 saturated carbocycles. The summed E-state index contributed by atoms with van der Waals surface area (Å²) in [6.07, 6.45) is 9.16. The maximum atomic E-state index is 13.1. The maximum Gasteiger partial charge on any atom is 0.227 e. The molecule has 12 heterocycles. The number of aromatic nitrogens is 10. The highest BCUT2D eigenvalue weighted by molar-refractivity contribution is 7.16. The number of hydrogen-bond acceptors (Lipinski definition) is 19. The van der Waals surface area contributed by atoms with Crippen molar-refractivity contribution in [3.8, 4) is 59.9 Å². The molecule has 3 amide bonds. The van der Waals surface area contributed by atoms with Crippen molar-refractivity contribution < 1.29 is 28.0 Å². The number of fused-ring (bicyclic) bond motifs is 12. The Balaban J connectivity index is 0.000000123. The molecular weight excluding hydrogens is 1680 g/mol. The fraction of sp³-hybridized carbons (Fsp3) is 0.252. The van der Waals surface area contributed by atoms with E-state index in [0.717, 1.165) is 185 Å². The van der Waals surface area contributed by atoms with Gasteiger partial charge in [0.15, 0.2) is 23.1 Å². The lowest BCUT2D eigenvalue weighted by Gasteiger charge is -2.13. The number of rotatable bonds is 16. The molecule has 132 heavy (non-hydrogen) atoms. The molecule has 0 aliphatic carbocycles. The molecule has 0 radical (unpaired) electrons. The van der Waals surface area contributed by atoms with Gasteiger partial charge in [0.05, 0.1) is 88.3 Å². The highest BCUT2D eigenvalue weighted by Gasteiger charge is 2.38. The van der Waals surface area contributed by atoms with Gasteiger partial charge < -0.3 is 29.5 Å². The summed E-state index contributed by atoms with van der Waals surface area (Å²) in [6.45, 7) is 33.4. The summed E-state index contributed by atoms with van der Waals surface area (Å²) in [5.74, 6) is 3.34. The fourth-order valence-electron chi connectivity index (χ4n) is 17.2. The van der Waals surface area contributed by atoms with Crippen LogP contribution in [0.1, 0.15) is 208 Å². The predicted molar refractivity (Wildman–Crippen MR) is 526 cm³/mol. The van der Waals surface area contributed by atoms with E-state index in [1.807, 2.05) is 141 Å². The van der Waals surface area contributed by atoms with Gasteiger partial charge in [-0.1, -0.05) is 201 Å². The monoisotopic (exact) mass is 1790 g/mol. The minimum atomic E-state index is -0.478. The highest BCUT2D eigenvalue weighted by Crippen LogP contribution is 2.49. The Morgan fingerprint density at radius 1 is 0.371 bits per heavy atom. The molecule has 8 aromatic carbocycles. The van der Waals surface area contributed by atoms with Crippen molar-refractivity contribution >= 4 is 74.6 Å². The molecular formula is C107H105N17O6S2. The molecule has 16 aromatic rings. The first-order valence-electron chi connectivity index (χ1n) is 44.5. The normalized spacial score (nSPS) is 14.9. The van der Waals surface area contributed by atoms with Crippen LogP contribution in [0.15, 0.2) is 240 Å². The van der Waals surface area contributed by atoms with Crippen LogP contribution in [0.25, 0.3) is 59.9 Å². The van der Waals surface area contributed by atoms with E-state index in [9.17, 15) is 14.4 Å². The van der Waals surface area contributed by atoms with E-state index in [0.29, 0.717) is 23.9 Å². The van der Waals surface area contributed by atoms with Gasteiger partial charge in [0.2, 0.25) is 17.7 Å². The summed E-state index contributed by atoms with van der Waals surface area (Å²) >= 11 is 3.46. The van der Waals surface area contributed by atoms with E-state index in [1.54, 1.807) is 27.4 Å². The Morgan fingerprint density at radius 2 is 0.735 bits per heavy atom. The Hall–Kier alpha value is -14.6. The molecule has 0 saturated heterocycles. The minimum Gasteiger partial charge on any atom is -0.358 e. The number of carbonyl (C=O) groups is 3. The lowest BCUT2D eigenvalue weighted by Crippen LogP contribution is -2.24. The molecule has 23 nitrogen and oxygen atoms in total. The third-order valence-corrected chi connectivity index (χ3v) is 27.0.